The smallest absolute Gasteiger partial charge is 0.223 e. The summed E-state index contributed by atoms with van der Waals surface area (Å²) < 4.78 is 13.6. The van der Waals surface area contributed by atoms with Crippen LogP contribution < -0.4 is 0 Å². The van der Waals surface area contributed by atoms with Crippen LogP contribution in [0.4, 0.5) is 4.39 Å². The van der Waals surface area contributed by atoms with Gasteiger partial charge in [0, 0.05) is 24.9 Å². The molecule has 1 aromatic carbocycles. The molecule has 1 amide bonds. The molecule has 2 N–H and O–H groups in total. The predicted molar refractivity (Wildman–Crippen MR) is 93.7 cm³/mol. The number of carbonyl (C=O) groups excluding carboxylic acids is 1. The van der Waals surface area contributed by atoms with Gasteiger partial charge in [-0.25, -0.2) is 4.39 Å². The molecule has 0 unspecified atom stereocenters. The van der Waals surface area contributed by atoms with Gasteiger partial charge >= 0.3 is 0 Å². The SMILES string of the molecule is O=C(CC1(c2ccc(F)cc2)C2CC3CC1CC(C2)C3O)N1CC(O)C1. The third-order valence-electron chi connectivity index (χ3n) is 7.81. The number of β-amino-alcohol motifs (C(OH)–C–C–N with tert-alkyl or cyclic N) is 1. The summed E-state index contributed by atoms with van der Waals surface area (Å²) in [5, 5.41) is 20.1. The molecule has 0 radical (unpaired) electrons. The Morgan fingerprint density at radius 1 is 1.04 bits per heavy atom. The lowest BCUT2D eigenvalue weighted by Gasteiger charge is -2.63. The zero-order chi connectivity index (χ0) is 18.1. The first kappa shape index (κ1) is 16.7. The van der Waals surface area contributed by atoms with Gasteiger partial charge in [0.1, 0.15) is 5.82 Å². The summed E-state index contributed by atoms with van der Waals surface area (Å²) in [4.78, 5) is 14.7. The highest BCUT2D eigenvalue weighted by atomic mass is 19.1. The molecule has 26 heavy (non-hydrogen) atoms. The average Bonchev–Trinajstić information content (AvgIpc) is 2.57. The Morgan fingerprint density at radius 3 is 2.08 bits per heavy atom. The third-order valence-corrected chi connectivity index (χ3v) is 7.81. The van der Waals surface area contributed by atoms with E-state index in [9.17, 15) is 19.4 Å². The van der Waals surface area contributed by atoms with Crippen molar-refractivity contribution in [2.45, 2.75) is 49.7 Å². The number of halogens is 1. The quantitative estimate of drug-likeness (QED) is 0.869. The maximum atomic E-state index is 13.6. The highest BCUT2D eigenvalue weighted by Gasteiger charge is 2.61. The van der Waals surface area contributed by atoms with Crippen LogP contribution in [0.5, 0.6) is 0 Å². The number of amides is 1. The normalized spacial score (nSPS) is 41.3. The van der Waals surface area contributed by atoms with E-state index in [2.05, 4.69) is 0 Å². The summed E-state index contributed by atoms with van der Waals surface area (Å²) in [6, 6.07) is 6.75. The molecule has 5 aliphatic rings. The lowest BCUT2D eigenvalue weighted by Crippen LogP contribution is -2.62. The highest BCUT2D eigenvalue weighted by molar-refractivity contribution is 5.79. The summed E-state index contributed by atoms with van der Waals surface area (Å²) in [5.74, 6) is 1.30. The number of carbonyl (C=O) groups is 1. The van der Waals surface area contributed by atoms with Crippen molar-refractivity contribution in [3.05, 3.63) is 35.6 Å². The minimum atomic E-state index is -0.394. The van der Waals surface area contributed by atoms with Gasteiger partial charge < -0.3 is 15.1 Å². The van der Waals surface area contributed by atoms with Crippen molar-refractivity contribution in [2.24, 2.45) is 23.7 Å². The lowest BCUT2D eigenvalue weighted by molar-refractivity contribution is -0.158. The number of aliphatic hydroxyl groups is 2. The fraction of sp³-hybridized carbons (Fsp3) is 0.667. The van der Waals surface area contributed by atoms with E-state index in [1.165, 1.54) is 12.1 Å². The number of rotatable bonds is 3. The van der Waals surface area contributed by atoms with Crippen LogP contribution in [0.15, 0.2) is 24.3 Å². The van der Waals surface area contributed by atoms with E-state index in [0.29, 0.717) is 43.2 Å². The van der Waals surface area contributed by atoms with Crippen LogP contribution >= 0.6 is 0 Å². The zero-order valence-electron chi connectivity index (χ0n) is 14.9. The summed E-state index contributed by atoms with van der Waals surface area (Å²) >= 11 is 0. The monoisotopic (exact) mass is 359 g/mol. The van der Waals surface area contributed by atoms with E-state index in [1.807, 2.05) is 12.1 Å². The third kappa shape index (κ3) is 2.29. The van der Waals surface area contributed by atoms with Crippen molar-refractivity contribution < 1.29 is 19.4 Å². The first-order valence-corrected chi connectivity index (χ1v) is 9.87. The predicted octanol–water partition coefficient (Wildman–Crippen LogP) is 2.08. The van der Waals surface area contributed by atoms with Gasteiger partial charge in [-0.05, 0) is 67.1 Å². The summed E-state index contributed by atoms with van der Waals surface area (Å²) in [6.45, 7) is 0.856. The fourth-order valence-corrected chi connectivity index (χ4v) is 6.61. The summed E-state index contributed by atoms with van der Waals surface area (Å²) in [5.41, 5.74) is 0.829. The van der Waals surface area contributed by atoms with Gasteiger partial charge in [0.15, 0.2) is 0 Å². The van der Waals surface area contributed by atoms with Gasteiger partial charge in [-0.3, -0.25) is 4.79 Å². The number of aliphatic hydroxyl groups excluding tert-OH is 2. The maximum absolute atomic E-state index is 13.6. The molecule has 1 heterocycles. The molecule has 1 aliphatic heterocycles. The van der Waals surface area contributed by atoms with Crippen LogP contribution in [0.1, 0.15) is 37.7 Å². The van der Waals surface area contributed by atoms with Crippen LogP contribution in [-0.4, -0.2) is 46.3 Å². The molecule has 4 nitrogen and oxygen atoms in total. The largest absolute Gasteiger partial charge is 0.393 e. The van der Waals surface area contributed by atoms with Gasteiger partial charge in [0.05, 0.1) is 12.2 Å². The first-order chi connectivity index (χ1) is 12.5. The lowest BCUT2D eigenvalue weighted by atomic mass is 9.42. The van der Waals surface area contributed by atoms with Crippen molar-refractivity contribution in [1.29, 1.82) is 0 Å². The first-order valence-electron chi connectivity index (χ1n) is 9.87. The second-order valence-corrected chi connectivity index (χ2v) is 9.02. The van der Waals surface area contributed by atoms with Crippen LogP contribution in [0.25, 0.3) is 0 Å². The fourth-order valence-electron chi connectivity index (χ4n) is 6.61. The number of nitrogens with zero attached hydrogens (tertiary/aromatic N) is 1. The van der Waals surface area contributed by atoms with Crippen LogP contribution in [0.3, 0.4) is 0 Å². The van der Waals surface area contributed by atoms with Gasteiger partial charge in [-0.15, -0.1) is 0 Å². The maximum Gasteiger partial charge on any atom is 0.223 e. The minimum absolute atomic E-state index is 0.104. The molecule has 5 fully saturated rings. The molecule has 0 aromatic heterocycles. The highest BCUT2D eigenvalue weighted by Crippen LogP contribution is 2.64. The van der Waals surface area contributed by atoms with Crippen LogP contribution in [0, 0.1) is 29.5 Å². The molecule has 1 aromatic rings. The molecule has 6 rings (SSSR count). The molecule has 0 atom stereocenters. The number of hydrogen-bond acceptors (Lipinski definition) is 3. The van der Waals surface area contributed by atoms with Gasteiger partial charge in [-0.1, -0.05) is 12.1 Å². The van der Waals surface area contributed by atoms with Crippen LogP contribution in [0.2, 0.25) is 0 Å². The molecule has 1 saturated heterocycles. The number of benzene rings is 1. The van der Waals surface area contributed by atoms with Gasteiger partial charge in [-0.2, -0.15) is 0 Å². The van der Waals surface area contributed by atoms with E-state index in [4.69, 9.17) is 0 Å². The molecule has 4 bridgehead atoms. The van der Waals surface area contributed by atoms with Crippen molar-refractivity contribution in [1.82, 2.24) is 4.90 Å². The molecular formula is C21H26FNO3. The molecule has 140 valence electrons. The van der Waals surface area contributed by atoms with Crippen molar-refractivity contribution in [2.75, 3.05) is 13.1 Å². The Morgan fingerprint density at radius 2 is 1.58 bits per heavy atom. The van der Waals surface area contributed by atoms with Crippen molar-refractivity contribution in [3.8, 4) is 0 Å². The number of hydrogen-bond donors (Lipinski definition) is 2. The Balaban J connectivity index is 1.52. The summed E-state index contributed by atoms with van der Waals surface area (Å²) in [7, 11) is 0. The molecule has 0 spiro atoms. The van der Waals surface area contributed by atoms with Crippen molar-refractivity contribution >= 4 is 5.91 Å². The molecule has 4 aliphatic carbocycles. The second-order valence-electron chi connectivity index (χ2n) is 9.02. The Hall–Kier alpha value is -1.46. The second kappa shape index (κ2) is 5.77. The molecular weight excluding hydrogens is 333 g/mol. The van der Waals surface area contributed by atoms with Crippen LogP contribution in [-0.2, 0) is 10.2 Å². The van der Waals surface area contributed by atoms with Crippen molar-refractivity contribution in [3.63, 3.8) is 0 Å². The van der Waals surface area contributed by atoms with E-state index < -0.39 is 6.10 Å². The Kier molecular flexibility index (Phi) is 3.70. The topological polar surface area (TPSA) is 60.8 Å². The van der Waals surface area contributed by atoms with E-state index in [1.54, 1.807) is 4.90 Å². The van der Waals surface area contributed by atoms with Gasteiger partial charge in [0.2, 0.25) is 5.91 Å². The average molecular weight is 359 g/mol. The minimum Gasteiger partial charge on any atom is -0.393 e. The zero-order valence-corrected chi connectivity index (χ0v) is 14.9. The Labute approximate surface area is 153 Å². The summed E-state index contributed by atoms with van der Waals surface area (Å²) in [6.07, 6.45) is 3.70. The Bertz CT molecular complexity index is 682. The molecule has 4 saturated carbocycles. The molecule has 5 heteroatoms. The van der Waals surface area contributed by atoms with E-state index in [-0.39, 0.29) is 23.2 Å². The van der Waals surface area contributed by atoms with E-state index >= 15 is 0 Å². The van der Waals surface area contributed by atoms with Gasteiger partial charge in [0.25, 0.3) is 0 Å². The number of likely N-dealkylation sites (tertiary alicyclic amines) is 1. The standard InChI is InChI=1S/C21H26FNO3/c22-17-3-1-14(2-4-17)21(9-19(25)23-10-18(24)11-23)15-5-12-6-16(21)8-13(7-15)20(12)26/h1-4,12-13,15-16,18,20,24,26H,5-11H2. The van der Waals surface area contributed by atoms with E-state index in [0.717, 1.165) is 31.2 Å².